The van der Waals surface area contributed by atoms with Crippen LogP contribution in [0.5, 0.6) is 5.75 Å². The van der Waals surface area contributed by atoms with Gasteiger partial charge in [0.1, 0.15) is 35.5 Å². The van der Waals surface area contributed by atoms with Crippen molar-refractivity contribution in [1.29, 1.82) is 5.26 Å². The number of amides is 1. The van der Waals surface area contributed by atoms with Crippen molar-refractivity contribution in [2.24, 2.45) is 0 Å². The molecule has 0 radical (unpaired) electrons. The van der Waals surface area contributed by atoms with Crippen LogP contribution in [-0.2, 0) is 17.9 Å². The highest BCUT2D eigenvalue weighted by Crippen LogP contribution is 2.29. The number of hydrogen-bond acceptors (Lipinski definition) is 5. The SMILES string of the molecule is N#C/C(=C/c1cn(-c2ccccc2)nc1-c1cccc(OCc2ccc(Cl)cc2)c1)C(=O)NCc1ccco1. The molecule has 2 aromatic heterocycles. The number of para-hydroxylation sites is 1. The molecule has 0 saturated heterocycles. The molecule has 0 aliphatic rings. The molecule has 0 aliphatic heterocycles. The number of hydrogen-bond donors (Lipinski definition) is 1. The van der Waals surface area contributed by atoms with Gasteiger partial charge in [0, 0.05) is 22.3 Å². The van der Waals surface area contributed by atoms with Crippen LogP contribution in [0.2, 0.25) is 5.02 Å². The van der Waals surface area contributed by atoms with Gasteiger partial charge in [0.15, 0.2) is 0 Å². The molecule has 0 saturated carbocycles. The topological polar surface area (TPSA) is 93.1 Å². The third-order valence-corrected chi connectivity index (χ3v) is 6.11. The normalized spacial score (nSPS) is 11.1. The lowest BCUT2D eigenvalue weighted by atomic mass is 10.1. The Morgan fingerprint density at radius 3 is 2.62 bits per heavy atom. The molecule has 1 amide bonds. The maximum Gasteiger partial charge on any atom is 0.262 e. The van der Waals surface area contributed by atoms with Crippen molar-refractivity contribution >= 4 is 23.6 Å². The maximum atomic E-state index is 12.8. The molecule has 0 fully saturated rings. The van der Waals surface area contributed by atoms with Gasteiger partial charge in [-0.3, -0.25) is 4.79 Å². The van der Waals surface area contributed by atoms with E-state index in [1.54, 1.807) is 29.1 Å². The molecule has 0 bridgehead atoms. The molecule has 192 valence electrons. The van der Waals surface area contributed by atoms with Crippen LogP contribution in [-0.4, -0.2) is 15.7 Å². The second kappa shape index (κ2) is 12.0. The fraction of sp³-hybridized carbons (Fsp3) is 0.0645. The van der Waals surface area contributed by atoms with E-state index in [0.717, 1.165) is 16.8 Å². The van der Waals surface area contributed by atoms with Crippen LogP contribution in [0.3, 0.4) is 0 Å². The number of nitrogens with zero attached hydrogens (tertiary/aromatic N) is 3. The summed E-state index contributed by atoms with van der Waals surface area (Å²) in [5, 5.41) is 18.0. The van der Waals surface area contributed by atoms with Crippen LogP contribution in [0.4, 0.5) is 0 Å². The first-order valence-corrected chi connectivity index (χ1v) is 12.5. The van der Waals surface area contributed by atoms with Crippen molar-refractivity contribution in [3.05, 3.63) is 131 Å². The first-order chi connectivity index (χ1) is 19.1. The third-order valence-electron chi connectivity index (χ3n) is 5.86. The first kappa shape index (κ1) is 25.6. The molecule has 3 aromatic carbocycles. The summed E-state index contributed by atoms with van der Waals surface area (Å²) in [6.45, 7) is 0.550. The number of carbonyl (C=O) groups excluding carboxylic acids is 1. The lowest BCUT2D eigenvalue weighted by Crippen LogP contribution is -2.23. The van der Waals surface area contributed by atoms with Gasteiger partial charge < -0.3 is 14.5 Å². The molecule has 0 atom stereocenters. The summed E-state index contributed by atoms with van der Waals surface area (Å²) >= 11 is 5.98. The van der Waals surface area contributed by atoms with E-state index in [-0.39, 0.29) is 12.1 Å². The third kappa shape index (κ3) is 6.45. The largest absolute Gasteiger partial charge is 0.489 e. The fourth-order valence-electron chi connectivity index (χ4n) is 3.89. The van der Waals surface area contributed by atoms with Gasteiger partial charge >= 0.3 is 0 Å². The molecular weight excluding hydrogens is 512 g/mol. The van der Waals surface area contributed by atoms with E-state index < -0.39 is 5.91 Å². The zero-order valence-corrected chi connectivity index (χ0v) is 21.5. The summed E-state index contributed by atoms with van der Waals surface area (Å²) in [5.41, 5.74) is 3.76. The number of halogens is 1. The van der Waals surface area contributed by atoms with Gasteiger partial charge in [-0.15, -0.1) is 0 Å². The van der Waals surface area contributed by atoms with Gasteiger partial charge in [0.05, 0.1) is 18.5 Å². The van der Waals surface area contributed by atoms with Gasteiger partial charge in [-0.05, 0) is 60.2 Å². The van der Waals surface area contributed by atoms with E-state index >= 15 is 0 Å². The lowest BCUT2D eigenvalue weighted by molar-refractivity contribution is -0.117. The lowest BCUT2D eigenvalue weighted by Gasteiger charge is -2.08. The van der Waals surface area contributed by atoms with Gasteiger partial charge in [-0.1, -0.05) is 54.1 Å². The Hall–Kier alpha value is -5.06. The van der Waals surface area contributed by atoms with Crippen molar-refractivity contribution in [2.45, 2.75) is 13.2 Å². The minimum atomic E-state index is -0.507. The molecule has 0 aliphatic carbocycles. The van der Waals surface area contributed by atoms with E-state index in [2.05, 4.69) is 5.32 Å². The Kier molecular flexibility index (Phi) is 7.87. The number of aromatic nitrogens is 2. The molecule has 7 nitrogen and oxygen atoms in total. The molecule has 39 heavy (non-hydrogen) atoms. The molecule has 0 spiro atoms. The fourth-order valence-corrected chi connectivity index (χ4v) is 4.02. The predicted molar refractivity (Wildman–Crippen MR) is 149 cm³/mol. The number of ether oxygens (including phenoxy) is 1. The second-order valence-corrected chi connectivity index (χ2v) is 9.02. The van der Waals surface area contributed by atoms with Crippen LogP contribution in [0.15, 0.2) is 113 Å². The number of carbonyl (C=O) groups is 1. The van der Waals surface area contributed by atoms with Crippen molar-refractivity contribution in [3.8, 4) is 28.8 Å². The smallest absolute Gasteiger partial charge is 0.262 e. The molecule has 8 heteroatoms. The average molecular weight is 535 g/mol. The van der Waals surface area contributed by atoms with Gasteiger partial charge in [0.2, 0.25) is 0 Å². The van der Waals surface area contributed by atoms with Crippen LogP contribution in [0.25, 0.3) is 23.0 Å². The molecule has 5 rings (SSSR count). The molecular formula is C31H23ClN4O3. The monoisotopic (exact) mass is 534 g/mol. The number of nitrogens with one attached hydrogen (secondary N) is 1. The Morgan fingerprint density at radius 2 is 1.87 bits per heavy atom. The highest BCUT2D eigenvalue weighted by atomic mass is 35.5. The van der Waals surface area contributed by atoms with Gasteiger partial charge in [0.25, 0.3) is 5.91 Å². The first-order valence-electron chi connectivity index (χ1n) is 12.1. The van der Waals surface area contributed by atoms with Crippen molar-refractivity contribution in [3.63, 3.8) is 0 Å². The zero-order valence-electron chi connectivity index (χ0n) is 20.8. The summed E-state index contributed by atoms with van der Waals surface area (Å²) in [7, 11) is 0. The minimum Gasteiger partial charge on any atom is -0.489 e. The Morgan fingerprint density at radius 1 is 1.05 bits per heavy atom. The van der Waals surface area contributed by atoms with E-state index in [1.807, 2.05) is 84.9 Å². The predicted octanol–water partition coefficient (Wildman–Crippen LogP) is 6.59. The number of furan rings is 1. The number of nitriles is 1. The number of benzene rings is 3. The Balaban J connectivity index is 1.45. The minimum absolute atomic E-state index is 0.0504. The molecule has 5 aromatic rings. The second-order valence-electron chi connectivity index (χ2n) is 8.59. The van der Waals surface area contributed by atoms with Crippen molar-refractivity contribution < 1.29 is 13.9 Å². The molecule has 2 heterocycles. The summed E-state index contributed by atoms with van der Waals surface area (Å²) in [5.74, 6) is 0.740. The highest BCUT2D eigenvalue weighted by molar-refractivity contribution is 6.30. The van der Waals surface area contributed by atoms with E-state index in [4.69, 9.17) is 25.9 Å². The summed E-state index contributed by atoms with van der Waals surface area (Å²) in [6.07, 6.45) is 4.86. The van der Waals surface area contributed by atoms with E-state index in [0.29, 0.717) is 34.4 Å². The average Bonchev–Trinajstić information content (AvgIpc) is 3.65. The Bertz CT molecular complexity index is 1630. The molecule has 1 N–H and O–H groups in total. The summed E-state index contributed by atoms with van der Waals surface area (Å²) < 4.78 is 13.0. The van der Waals surface area contributed by atoms with Gasteiger partial charge in [-0.25, -0.2) is 4.68 Å². The zero-order chi connectivity index (χ0) is 27.0. The maximum absolute atomic E-state index is 12.8. The van der Waals surface area contributed by atoms with E-state index in [9.17, 15) is 10.1 Å². The van der Waals surface area contributed by atoms with Crippen molar-refractivity contribution in [1.82, 2.24) is 15.1 Å². The van der Waals surface area contributed by atoms with Crippen LogP contribution in [0, 0.1) is 11.3 Å². The van der Waals surface area contributed by atoms with E-state index in [1.165, 1.54) is 6.26 Å². The summed E-state index contributed by atoms with van der Waals surface area (Å²) in [6, 6.07) is 30.1. The highest BCUT2D eigenvalue weighted by Gasteiger charge is 2.16. The van der Waals surface area contributed by atoms with Gasteiger partial charge in [-0.2, -0.15) is 10.4 Å². The number of rotatable bonds is 9. The quantitative estimate of drug-likeness (QED) is 0.170. The molecule has 0 unspecified atom stereocenters. The van der Waals surface area contributed by atoms with Crippen LogP contribution in [0.1, 0.15) is 16.9 Å². The Labute approximate surface area is 230 Å². The van der Waals surface area contributed by atoms with Crippen molar-refractivity contribution in [2.75, 3.05) is 0 Å². The summed E-state index contributed by atoms with van der Waals surface area (Å²) in [4.78, 5) is 12.8. The van der Waals surface area contributed by atoms with Crippen LogP contribution < -0.4 is 10.1 Å². The van der Waals surface area contributed by atoms with Crippen LogP contribution >= 0.6 is 11.6 Å². The standard InChI is InChI=1S/C31H23ClN4O3/c32-26-13-11-22(12-14-26)21-39-28-9-4-6-23(17-28)30-25(20-36(35-30)27-7-2-1-3-8-27)16-24(18-33)31(37)34-19-29-10-5-15-38-29/h1-17,20H,19,21H2,(H,34,37)/b24-16-.